The molecule has 0 radical (unpaired) electrons. The molecular weight excluding hydrogens is 342 g/mol. The quantitative estimate of drug-likeness (QED) is 0.823. The van der Waals surface area contributed by atoms with Crippen molar-refractivity contribution in [3.8, 4) is 5.75 Å². The van der Waals surface area contributed by atoms with E-state index in [-0.39, 0.29) is 11.8 Å². The number of nitrogens with zero attached hydrogens (tertiary/aromatic N) is 1. The van der Waals surface area contributed by atoms with Crippen LogP contribution in [0.5, 0.6) is 5.75 Å². The molecule has 1 amide bonds. The molecule has 0 aliphatic carbocycles. The number of hydrogen-bond donors (Lipinski definition) is 0. The summed E-state index contributed by atoms with van der Waals surface area (Å²) in [7, 11) is 1.66. The summed E-state index contributed by atoms with van der Waals surface area (Å²) in [4.78, 5) is 14.5. The molecule has 1 saturated heterocycles. The van der Waals surface area contributed by atoms with Gasteiger partial charge in [0.05, 0.1) is 7.11 Å². The smallest absolute Gasteiger partial charge is 0.230 e. The van der Waals surface area contributed by atoms with E-state index in [1.807, 2.05) is 47.4 Å². The molecule has 1 atom stereocenters. The van der Waals surface area contributed by atoms with Crippen LogP contribution in [0.4, 0.5) is 5.69 Å². The predicted octanol–water partition coefficient (Wildman–Crippen LogP) is 4.05. The lowest BCUT2D eigenvalue weighted by atomic mass is 9.98. The van der Waals surface area contributed by atoms with E-state index < -0.39 is 0 Å². The van der Waals surface area contributed by atoms with Crippen LogP contribution < -0.4 is 9.64 Å². The largest absolute Gasteiger partial charge is 0.497 e. The van der Waals surface area contributed by atoms with E-state index in [4.69, 9.17) is 4.74 Å². The number of anilines is 1. The van der Waals surface area contributed by atoms with Gasteiger partial charge in [-0.3, -0.25) is 4.79 Å². The maximum absolute atomic E-state index is 12.6. The van der Waals surface area contributed by atoms with Gasteiger partial charge in [-0.1, -0.05) is 28.1 Å². The molecule has 4 heteroatoms. The van der Waals surface area contributed by atoms with E-state index >= 15 is 0 Å². The van der Waals surface area contributed by atoms with Crippen LogP contribution in [-0.4, -0.2) is 19.6 Å². The monoisotopic (exact) mass is 359 g/mol. The minimum atomic E-state index is 0.0516. The van der Waals surface area contributed by atoms with Crippen LogP contribution >= 0.6 is 15.9 Å². The van der Waals surface area contributed by atoms with Gasteiger partial charge < -0.3 is 9.64 Å². The highest BCUT2D eigenvalue weighted by atomic mass is 79.9. The van der Waals surface area contributed by atoms with Crippen LogP contribution in [0.15, 0.2) is 53.0 Å². The Morgan fingerprint density at radius 2 is 2.00 bits per heavy atom. The topological polar surface area (TPSA) is 29.5 Å². The highest BCUT2D eigenvalue weighted by Gasteiger charge is 2.32. The molecule has 2 aromatic carbocycles. The lowest BCUT2D eigenvalue weighted by Gasteiger charge is -2.17. The summed E-state index contributed by atoms with van der Waals surface area (Å²) in [6, 6.07) is 15.9. The average molecular weight is 360 g/mol. The molecule has 1 aliphatic heterocycles. The predicted molar refractivity (Wildman–Crippen MR) is 91.3 cm³/mol. The van der Waals surface area contributed by atoms with Gasteiger partial charge in [-0.15, -0.1) is 0 Å². The third-order valence-electron chi connectivity index (χ3n) is 4.07. The second-order valence-electron chi connectivity index (χ2n) is 5.51. The Hall–Kier alpha value is -1.81. The van der Waals surface area contributed by atoms with E-state index in [9.17, 15) is 4.79 Å². The number of hydrogen-bond acceptors (Lipinski definition) is 2. The van der Waals surface area contributed by atoms with Crippen molar-refractivity contribution in [2.75, 3.05) is 18.6 Å². The van der Waals surface area contributed by atoms with Gasteiger partial charge in [0.15, 0.2) is 0 Å². The molecule has 0 saturated carbocycles. The average Bonchev–Trinajstić information content (AvgIpc) is 2.89. The lowest BCUT2D eigenvalue weighted by Crippen LogP contribution is -2.27. The summed E-state index contributed by atoms with van der Waals surface area (Å²) >= 11 is 3.42. The standard InChI is InChI=1S/C18H18BrNO2/c1-22-17-4-2-3-13(12-17)11-14-9-10-20(18(14)21)16-7-5-15(19)6-8-16/h2-8,12,14H,9-11H2,1H3/t14-/m0/s1. The molecule has 114 valence electrons. The molecule has 0 unspecified atom stereocenters. The van der Waals surface area contributed by atoms with Gasteiger partial charge in [0, 0.05) is 22.6 Å². The molecule has 1 heterocycles. The van der Waals surface area contributed by atoms with Gasteiger partial charge in [0.1, 0.15) is 5.75 Å². The van der Waals surface area contributed by atoms with Gasteiger partial charge in [0.25, 0.3) is 0 Å². The van der Waals surface area contributed by atoms with Crippen LogP contribution in [-0.2, 0) is 11.2 Å². The van der Waals surface area contributed by atoms with Crippen LogP contribution in [0.2, 0.25) is 0 Å². The molecule has 0 spiro atoms. The van der Waals surface area contributed by atoms with E-state index in [1.54, 1.807) is 7.11 Å². The van der Waals surface area contributed by atoms with Crippen molar-refractivity contribution in [3.63, 3.8) is 0 Å². The Balaban J connectivity index is 1.72. The maximum atomic E-state index is 12.6. The zero-order valence-electron chi connectivity index (χ0n) is 12.5. The second-order valence-corrected chi connectivity index (χ2v) is 6.42. The normalized spacial score (nSPS) is 17.8. The van der Waals surface area contributed by atoms with Gasteiger partial charge in [-0.25, -0.2) is 0 Å². The lowest BCUT2D eigenvalue weighted by molar-refractivity contribution is -0.120. The van der Waals surface area contributed by atoms with Crippen LogP contribution in [0.3, 0.4) is 0 Å². The fourth-order valence-electron chi connectivity index (χ4n) is 2.89. The molecule has 1 aliphatic rings. The number of rotatable bonds is 4. The molecule has 1 fully saturated rings. The van der Waals surface area contributed by atoms with Crippen LogP contribution in [0.25, 0.3) is 0 Å². The third kappa shape index (κ3) is 3.17. The first-order valence-corrected chi connectivity index (χ1v) is 8.16. The molecule has 0 aromatic heterocycles. The molecule has 3 nitrogen and oxygen atoms in total. The first-order valence-electron chi connectivity index (χ1n) is 7.37. The number of benzene rings is 2. The van der Waals surface area contributed by atoms with Gasteiger partial charge in [-0.2, -0.15) is 0 Å². The zero-order chi connectivity index (χ0) is 15.5. The highest BCUT2D eigenvalue weighted by molar-refractivity contribution is 9.10. The number of amides is 1. The molecule has 22 heavy (non-hydrogen) atoms. The van der Waals surface area contributed by atoms with Crippen molar-refractivity contribution in [2.24, 2.45) is 5.92 Å². The summed E-state index contributed by atoms with van der Waals surface area (Å²) in [5, 5.41) is 0. The van der Waals surface area contributed by atoms with Crippen LogP contribution in [0.1, 0.15) is 12.0 Å². The Morgan fingerprint density at radius 1 is 1.23 bits per heavy atom. The van der Waals surface area contributed by atoms with Crippen molar-refractivity contribution < 1.29 is 9.53 Å². The van der Waals surface area contributed by atoms with E-state index in [0.717, 1.165) is 40.9 Å². The summed E-state index contributed by atoms with van der Waals surface area (Å²) in [5.41, 5.74) is 2.12. The zero-order valence-corrected chi connectivity index (χ0v) is 14.0. The molecular formula is C18H18BrNO2. The van der Waals surface area contributed by atoms with Gasteiger partial charge in [-0.05, 0) is 54.8 Å². The molecule has 0 N–H and O–H groups in total. The fourth-order valence-corrected chi connectivity index (χ4v) is 3.15. The second kappa shape index (κ2) is 6.53. The summed E-state index contributed by atoms with van der Waals surface area (Å²) < 4.78 is 6.27. The summed E-state index contributed by atoms with van der Waals surface area (Å²) in [6.07, 6.45) is 1.66. The SMILES string of the molecule is COc1cccc(C[C@@H]2CCN(c3ccc(Br)cc3)C2=O)c1. The Morgan fingerprint density at radius 3 is 2.73 bits per heavy atom. The van der Waals surface area contributed by atoms with Crippen molar-refractivity contribution >= 4 is 27.5 Å². The number of ether oxygens (including phenoxy) is 1. The Kier molecular flexibility index (Phi) is 4.48. The number of methoxy groups -OCH3 is 1. The van der Waals surface area contributed by atoms with E-state index in [2.05, 4.69) is 22.0 Å². The Bertz CT molecular complexity index is 669. The highest BCUT2D eigenvalue weighted by Crippen LogP contribution is 2.29. The molecule has 0 bridgehead atoms. The first-order chi connectivity index (χ1) is 10.7. The third-order valence-corrected chi connectivity index (χ3v) is 4.60. The fraction of sp³-hybridized carbons (Fsp3) is 0.278. The minimum absolute atomic E-state index is 0.0516. The van der Waals surface area contributed by atoms with Crippen molar-refractivity contribution in [2.45, 2.75) is 12.8 Å². The Labute approximate surface area is 139 Å². The van der Waals surface area contributed by atoms with Gasteiger partial charge in [0.2, 0.25) is 5.91 Å². The first kappa shape index (κ1) is 15.1. The van der Waals surface area contributed by atoms with Crippen molar-refractivity contribution in [1.29, 1.82) is 0 Å². The van der Waals surface area contributed by atoms with Crippen LogP contribution in [0, 0.1) is 5.92 Å². The molecule has 3 rings (SSSR count). The summed E-state index contributed by atoms with van der Waals surface area (Å²) in [6.45, 7) is 0.787. The maximum Gasteiger partial charge on any atom is 0.230 e. The summed E-state index contributed by atoms with van der Waals surface area (Å²) in [5.74, 6) is 1.11. The number of carbonyl (C=O) groups is 1. The molecule has 2 aromatic rings. The number of halogens is 1. The van der Waals surface area contributed by atoms with E-state index in [1.165, 1.54) is 0 Å². The van der Waals surface area contributed by atoms with E-state index in [0.29, 0.717) is 0 Å². The van der Waals surface area contributed by atoms with Gasteiger partial charge >= 0.3 is 0 Å². The van der Waals surface area contributed by atoms with Crippen molar-refractivity contribution in [1.82, 2.24) is 0 Å². The minimum Gasteiger partial charge on any atom is -0.497 e. The number of carbonyl (C=O) groups excluding carboxylic acids is 1. The van der Waals surface area contributed by atoms with Crippen molar-refractivity contribution in [3.05, 3.63) is 58.6 Å².